The average Bonchev–Trinajstić information content (AvgIpc) is 2.85. The summed E-state index contributed by atoms with van der Waals surface area (Å²) >= 11 is 0. The van der Waals surface area contributed by atoms with E-state index in [2.05, 4.69) is 10.3 Å². The van der Waals surface area contributed by atoms with E-state index in [0.29, 0.717) is 23.7 Å². The van der Waals surface area contributed by atoms with Crippen molar-refractivity contribution < 1.29 is 8.81 Å². The largest absolute Gasteiger partial charge is 0.424 e. The molecule has 102 valence electrons. The Hall–Kier alpha value is -2.36. The normalized spacial score (nSPS) is 10.9. The lowest BCUT2D eigenvalue weighted by Gasteiger charge is -2.07. The molecule has 0 saturated carbocycles. The van der Waals surface area contributed by atoms with Crippen molar-refractivity contribution >= 4 is 17.1 Å². The Morgan fingerprint density at radius 2 is 1.85 bits per heavy atom. The van der Waals surface area contributed by atoms with Gasteiger partial charge in [-0.15, -0.1) is 0 Å². The quantitative estimate of drug-likeness (QED) is 0.775. The second-order valence-corrected chi connectivity index (χ2v) is 4.88. The van der Waals surface area contributed by atoms with Crippen molar-refractivity contribution in [1.29, 1.82) is 0 Å². The monoisotopic (exact) mass is 270 g/mol. The molecule has 1 aromatic heterocycles. The Balaban J connectivity index is 1.79. The molecule has 0 saturated heterocycles. The van der Waals surface area contributed by atoms with Gasteiger partial charge < -0.3 is 9.73 Å². The number of rotatable bonds is 3. The van der Waals surface area contributed by atoms with Gasteiger partial charge in [-0.2, -0.15) is 4.98 Å². The lowest BCUT2D eigenvalue weighted by molar-refractivity contribution is 0.606. The predicted octanol–water partition coefficient (Wildman–Crippen LogP) is 4.20. The molecule has 1 N–H and O–H groups in total. The van der Waals surface area contributed by atoms with Gasteiger partial charge in [0.05, 0.1) is 0 Å². The van der Waals surface area contributed by atoms with Crippen LogP contribution in [0.2, 0.25) is 0 Å². The van der Waals surface area contributed by atoms with Gasteiger partial charge in [0.25, 0.3) is 6.01 Å². The van der Waals surface area contributed by atoms with Gasteiger partial charge in [0.1, 0.15) is 11.3 Å². The molecule has 20 heavy (non-hydrogen) atoms. The van der Waals surface area contributed by atoms with Crippen LogP contribution in [0.15, 0.2) is 40.8 Å². The Labute approximate surface area is 116 Å². The summed E-state index contributed by atoms with van der Waals surface area (Å²) in [4.78, 5) is 4.34. The number of anilines is 1. The van der Waals surface area contributed by atoms with E-state index >= 15 is 0 Å². The first-order valence-electron chi connectivity index (χ1n) is 6.48. The van der Waals surface area contributed by atoms with Crippen molar-refractivity contribution in [3.63, 3.8) is 0 Å². The lowest BCUT2D eigenvalue weighted by Crippen LogP contribution is -2.01. The van der Waals surface area contributed by atoms with E-state index in [1.54, 1.807) is 13.8 Å². The zero-order valence-corrected chi connectivity index (χ0v) is 11.4. The number of para-hydroxylation sites is 2. The predicted molar refractivity (Wildman–Crippen MR) is 77.2 cm³/mol. The third-order valence-electron chi connectivity index (χ3n) is 3.23. The molecule has 3 nitrogen and oxygen atoms in total. The van der Waals surface area contributed by atoms with E-state index in [-0.39, 0.29) is 5.82 Å². The van der Waals surface area contributed by atoms with Crippen LogP contribution in [-0.2, 0) is 6.54 Å². The number of hydrogen-bond donors (Lipinski definition) is 1. The fourth-order valence-corrected chi connectivity index (χ4v) is 2.26. The smallest absolute Gasteiger partial charge is 0.295 e. The molecular formula is C16H15FN2O. The summed E-state index contributed by atoms with van der Waals surface area (Å²) in [5, 5.41) is 3.12. The molecule has 0 bridgehead atoms. The van der Waals surface area contributed by atoms with Crippen molar-refractivity contribution in [3.8, 4) is 0 Å². The first kappa shape index (κ1) is 12.7. The van der Waals surface area contributed by atoms with Crippen LogP contribution in [0.3, 0.4) is 0 Å². The number of hydrogen-bond acceptors (Lipinski definition) is 3. The maximum absolute atomic E-state index is 13.6. The molecule has 0 unspecified atom stereocenters. The van der Waals surface area contributed by atoms with Crippen LogP contribution >= 0.6 is 0 Å². The number of fused-ring (bicyclic) bond motifs is 1. The second kappa shape index (κ2) is 4.96. The van der Waals surface area contributed by atoms with Crippen molar-refractivity contribution in [3.05, 3.63) is 58.9 Å². The van der Waals surface area contributed by atoms with Gasteiger partial charge in [0, 0.05) is 6.54 Å². The highest BCUT2D eigenvalue weighted by atomic mass is 19.1. The molecule has 0 spiro atoms. The van der Waals surface area contributed by atoms with E-state index in [9.17, 15) is 4.39 Å². The molecule has 0 amide bonds. The zero-order chi connectivity index (χ0) is 14.1. The minimum atomic E-state index is -0.143. The number of oxazole rings is 1. The number of benzene rings is 2. The second-order valence-electron chi connectivity index (χ2n) is 4.88. The molecule has 4 heteroatoms. The van der Waals surface area contributed by atoms with Crippen molar-refractivity contribution in [2.24, 2.45) is 0 Å². The van der Waals surface area contributed by atoms with Crippen LogP contribution in [0.4, 0.5) is 10.4 Å². The first-order chi connectivity index (χ1) is 9.63. The number of aromatic nitrogens is 1. The van der Waals surface area contributed by atoms with Crippen molar-refractivity contribution in [2.45, 2.75) is 20.4 Å². The molecular weight excluding hydrogens is 255 g/mol. The standard InChI is InChI=1S/C16H15FN2O/c1-10-7-12(8-11(2)15(10)17)9-18-16-19-13-5-3-4-6-14(13)20-16/h3-8H,9H2,1-2H3,(H,18,19). The minimum Gasteiger partial charge on any atom is -0.424 e. The fraction of sp³-hybridized carbons (Fsp3) is 0.188. The topological polar surface area (TPSA) is 38.1 Å². The SMILES string of the molecule is Cc1cc(CNc2nc3ccccc3o2)cc(C)c1F. The number of aryl methyl sites for hydroxylation is 2. The lowest BCUT2D eigenvalue weighted by atomic mass is 10.1. The molecule has 0 atom stereocenters. The number of nitrogens with one attached hydrogen (secondary N) is 1. The van der Waals surface area contributed by atoms with Crippen LogP contribution in [0.25, 0.3) is 11.1 Å². The molecule has 0 aliphatic carbocycles. The Morgan fingerprint density at radius 1 is 1.15 bits per heavy atom. The van der Waals surface area contributed by atoms with Crippen LogP contribution < -0.4 is 5.32 Å². The molecule has 0 aliphatic heterocycles. The van der Waals surface area contributed by atoms with Crippen molar-refractivity contribution in [2.75, 3.05) is 5.32 Å². The summed E-state index contributed by atoms with van der Waals surface area (Å²) in [6, 6.07) is 11.7. The van der Waals surface area contributed by atoms with Crippen LogP contribution in [0, 0.1) is 19.7 Å². The maximum Gasteiger partial charge on any atom is 0.295 e. The average molecular weight is 270 g/mol. The van der Waals surface area contributed by atoms with Gasteiger partial charge in [-0.05, 0) is 42.7 Å². The summed E-state index contributed by atoms with van der Waals surface area (Å²) in [7, 11) is 0. The van der Waals surface area contributed by atoms with E-state index < -0.39 is 0 Å². The van der Waals surface area contributed by atoms with Crippen LogP contribution in [0.5, 0.6) is 0 Å². The number of nitrogens with zero attached hydrogens (tertiary/aromatic N) is 1. The Kier molecular flexibility index (Phi) is 3.14. The summed E-state index contributed by atoms with van der Waals surface area (Å²) in [5.41, 5.74) is 3.88. The highest BCUT2D eigenvalue weighted by Gasteiger charge is 2.07. The first-order valence-corrected chi connectivity index (χ1v) is 6.48. The molecule has 3 aromatic rings. The van der Waals surface area contributed by atoms with Crippen LogP contribution in [-0.4, -0.2) is 4.98 Å². The molecule has 0 aliphatic rings. The third kappa shape index (κ3) is 2.37. The highest BCUT2D eigenvalue weighted by molar-refractivity contribution is 5.74. The maximum atomic E-state index is 13.6. The summed E-state index contributed by atoms with van der Waals surface area (Å²) < 4.78 is 19.1. The number of halogens is 1. The third-order valence-corrected chi connectivity index (χ3v) is 3.23. The van der Waals surface area contributed by atoms with Crippen molar-refractivity contribution in [1.82, 2.24) is 4.98 Å². The fourth-order valence-electron chi connectivity index (χ4n) is 2.26. The van der Waals surface area contributed by atoms with Gasteiger partial charge in [0.2, 0.25) is 0 Å². The molecule has 3 rings (SSSR count). The Morgan fingerprint density at radius 3 is 2.55 bits per heavy atom. The van der Waals surface area contributed by atoms with Gasteiger partial charge in [0.15, 0.2) is 5.58 Å². The summed E-state index contributed by atoms with van der Waals surface area (Å²) in [6.45, 7) is 4.09. The van der Waals surface area contributed by atoms with E-state index in [0.717, 1.165) is 16.7 Å². The minimum absolute atomic E-state index is 0.143. The summed E-state index contributed by atoms with van der Waals surface area (Å²) in [6.07, 6.45) is 0. The summed E-state index contributed by atoms with van der Waals surface area (Å²) in [5.74, 6) is -0.143. The van der Waals surface area contributed by atoms with Crippen LogP contribution in [0.1, 0.15) is 16.7 Å². The molecule has 0 fully saturated rings. The van der Waals surface area contributed by atoms with E-state index in [1.165, 1.54) is 0 Å². The molecule has 2 aromatic carbocycles. The highest BCUT2D eigenvalue weighted by Crippen LogP contribution is 2.20. The van der Waals surface area contributed by atoms with E-state index in [1.807, 2.05) is 36.4 Å². The zero-order valence-electron chi connectivity index (χ0n) is 11.4. The van der Waals surface area contributed by atoms with Gasteiger partial charge in [-0.3, -0.25) is 0 Å². The van der Waals surface area contributed by atoms with Gasteiger partial charge in [-0.1, -0.05) is 24.3 Å². The molecule has 1 heterocycles. The van der Waals surface area contributed by atoms with Gasteiger partial charge >= 0.3 is 0 Å². The van der Waals surface area contributed by atoms with Gasteiger partial charge in [-0.25, -0.2) is 4.39 Å². The molecule has 0 radical (unpaired) electrons. The van der Waals surface area contributed by atoms with E-state index in [4.69, 9.17) is 4.42 Å². The Bertz CT molecular complexity index is 708.